The molecule has 2 aromatic carbocycles. The molecule has 3 rings (SSSR count). The number of pyridine rings is 1. The van der Waals surface area contributed by atoms with E-state index in [0.29, 0.717) is 23.2 Å². The molecule has 1 aromatic heterocycles. The summed E-state index contributed by atoms with van der Waals surface area (Å²) in [5.74, 6) is 0.889. The summed E-state index contributed by atoms with van der Waals surface area (Å²) in [4.78, 5) is 4.39. The molecule has 124 valence electrons. The molecule has 0 atom stereocenters. The molecule has 0 spiro atoms. The maximum absolute atomic E-state index is 10.1. The van der Waals surface area contributed by atoms with Crippen molar-refractivity contribution in [3.63, 3.8) is 0 Å². The highest BCUT2D eigenvalue weighted by Crippen LogP contribution is 2.31. The molecule has 3 nitrogen and oxygen atoms in total. The Labute approximate surface area is 147 Å². The number of hydrogen-bond acceptors (Lipinski definition) is 3. The van der Waals surface area contributed by atoms with Crippen molar-refractivity contribution in [1.82, 2.24) is 10.3 Å². The Balaban J connectivity index is 1.98. The first kappa shape index (κ1) is 16.7. The standard InChI is InChI=1S/C20H21ClN2O/c1-13(2)11-22-12-15-9-14(3-6-20(15)24)17-7-8-23-19-10-16(21)4-5-18(17)19/h3-10,13,22,24H,11-12H2,1-2H3. The normalized spacial score (nSPS) is 11.3. The van der Waals surface area contributed by atoms with Crippen LogP contribution in [0, 0.1) is 5.92 Å². The first-order valence-electron chi connectivity index (χ1n) is 8.12. The summed E-state index contributed by atoms with van der Waals surface area (Å²) in [7, 11) is 0. The molecule has 0 aliphatic rings. The minimum Gasteiger partial charge on any atom is -0.508 e. The summed E-state index contributed by atoms with van der Waals surface area (Å²) < 4.78 is 0. The second-order valence-electron chi connectivity index (χ2n) is 6.39. The number of nitrogens with zero attached hydrogens (tertiary/aromatic N) is 1. The van der Waals surface area contributed by atoms with Gasteiger partial charge in [-0.1, -0.05) is 37.6 Å². The van der Waals surface area contributed by atoms with Crippen LogP contribution in [0.5, 0.6) is 5.75 Å². The van der Waals surface area contributed by atoms with Crippen molar-refractivity contribution in [3.8, 4) is 16.9 Å². The fraction of sp³-hybridized carbons (Fsp3) is 0.250. The van der Waals surface area contributed by atoms with Crippen molar-refractivity contribution in [2.24, 2.45) is 5.92 Å². The van der Waals surface area contributed by atoms with Crippen LogP contribution in [-0.2, 0) is 6.54 Å². The predicted octanol–water partition coefficient (Wildman–Crippen LogP) is 5.01. The SMILES string of the molecule is CC(C)CNCc1cc(-c2ccnc3cc(Cl)ccc23)ccc1O. The third kappa shape index (κ3) is 3.69. The van der Waals surface area contributed by atoms with Crippen molar-refractivity contribution >= 4 is 22.5 Å². The molecule has 2 N–H and O–H groups in total. The molecule has 24 heavy (non-hydrogen) atoms. The molecular weight excluding hydrogens is 320 g/mol. The molecular formula is C20H21ClN2O. The fourth-order valence-corrected chi connectivity index (χ4v) is 2.93. The Morgan fingerprint density at radius 3 is 2.75 bits per heavy atom. The molecule has 0 aliphatic carbocycles. The van der Waals surface area contributed by atoms with Crippen molar-refractivity contribution in [2.45, 2.75) is 20.4 Å². The van der Waals surface area contributed by atoms with E-state index in [1.807, 2.05) is 36.4 Å². The number of fused-ring (bicyclic) bond motifs is 1. The largest absolute Gasteiger partial charge is 0.508 e. The molecule has 0 saturated carbocycles. The number of rotatable bonds is 5. The number of phenols is 1. The lowest BCUT2D eigenvalue weighted by molar-refractivity contribution is 0.461. The zero-order valence-corrected chi connectivity index (χ0v) is 14.6. The molecule has 1 heterocycles. The van der Waals surface area contributed by atoms with Gasteiger partial charge in [-0.2, -0.15) is 0 Å². The van der Waals surface area contributed by atoms with Crippen LogP contribution in [0.3, 0.4) is 0 Å². The number of benzene rings is 2. The van der Waals surface area contributed by atoms with E-state index in [1.165, 1.54) is 0 Å². The maximum atomic E-state index is 10.1. The van der Waals surface area contributed by atoms with Gasteiger partial charge in [0.25, 0.3) is 0 Å². The van der Waals surface area contributed by atoms with E-state index in [1.54, 1.807) is 12.3 Å². The van der Waals surface area contributed by atoms with E-state index >= 15 is 0 Å². The monoisotopic (exact) mass is 340 g/mol. The second kappa shape index (κ2) is 7.20. The average Bonchev–Trinajstić information content (AvgIpc) is 2.55. The van der Waals surface area contributed by atoms with Crippen LogP contribution in [-0.4, -0.2) is 16.6 Å². The van der Waals surface area contributed by atoms with Gasteiger partial charge in [0, 0.05) is 28.7 Å². The Kier molecular flexibility index (Phi) is 5.03. The smallest absolute Gasteiger partial charge is 0.120 e. The number of hydrogen-bond donors (Lipinski definition) is 2. The van der Waals surface area contributed by atoms with Gasteiger partial charge in [-0.15, -0.1) is 0 Å². The average molecular weight is 341 g/mol. The van der Waals surface area contributed by atoms with Crippen molar-refractivity contribution in [2.75, 3.05) is 6.54 Å². The number of aromatic nitrogens is 1. The van der Waals surface area contributed by atoms with Gasteiger partial charge in [-0.3, -0.25) is 4.98 Å². The van der Waals surface area contributed by atoms with Crippen LogP contribution >= 0.6 is 11.6 Å². The summed E-state index contributed by atoms with van der Waals surface area (Å²) >= 11 is 6.06. The summed E-state index contributed by atoms with van der Waals surface area (Å²) in [6.07, 6.45) is 1.79. The van der Waals surface area contributed by atoms with Crippen molar-refractivity contribution in [3.05, 3.63) is 59.2 Å². The van der Waals surface area contributed by atoms with Crippen molar-refractivity contribution in [1.29, 1.82) is 0 Å². The van der Waals surface area contributed by atoms with Gasteiger partial charge >= 0.3 is 0 Å². The highest BCUT2D eigenvalue weighted by atomic mass is 35.5. The Morgan fingerprint density at radius 2 is 1.96 bits per heavy atom. The summed E-state index contributed by atoms with van der Waals surface area (Å²) in [6.45, 7) is 5.89. The van der Waals surface area contributed by atoms with Crippen LogP contribution in [0.1, 0.15) is 19.4 Å². The molecule has 0 aliphatic heterocycles. The molecule has 0 bridgehead atoms. The zero-order chi connectivity index (χ0) is 17.1. The summed E-state index contributed by atoms with van der Waals surface area (Å²) in [5, 5.41) is 15.2. The van der Waals surface area contributed by atoms with Crippen LogP contribution in [0.25, 0.3) is 22.0 Å². The lowest BCUT2D eigenvalue weighted by Gasteiger charge is -2.12. The highest BCUT2D eigenvalue weighted by molar-refractivity contribution is 6.31. The number of halogens is 1. The summed E-state index contributed by atoms with van der Waals surface area (Å²) in [5.41, 5.74) is 3.91. The molecule has 3 aromatic rings. The fourth-order valence-electron chi connectivity index (χ4n) is 2.76. The maximum Gasteiger partial charge on any atom is 0.120 e. The Morgan fingerprint density at radius 1 is 1.12 bits per heavy atom. The molecule has 0 fully saturated rings. The third-order valence-electron chi connectivity index (χ3n) is 3.96. The van der Waals surface area contributed by atoms with Gasteiger partial charge in [0.15, 0.2) is 0 Å². The van der Waals surface area contributed by atoms with E-state index < -0.39 is 0 Å². The third-order valence-corrected chi connectivity index (χ3v) is 4.20. The van der Waals surface area contributed by atoms with E-state index in [2.05, 4.69) is 24.1 Å². The van der Waals surface area contributed by atoms with Crippen molar-refractivity contribution < 1.29 is 5.11 Å². The first-order chi connectivity index (χ1) is 11.5. The van der Waals surface area contributed by atoms with Crippen LogP contribution in [0.2, 0.25) is 5.02 Å². The van der Waals surface area contributed by atoms with Gasteiger partial charge in [-0.25, -0.2) is 0 Å². The lowest BCUT2D eigenvalue weighted by Crippen LogP contribution is -2.19. The van der Waals surface area contributed by atoms with E-state index in [0.717, 1.165) is 34.1 Å². The van der Waals surface area contributed by atoms with Gasteiger partial charge in [0.2, 0.25) is 0 Å². The molecule has 0 amide bonds. The second-order valence-corrected chi connectivity index (χ2v) is 6.82. The molecule has 4 heteroatoms. The van der Waals surface area contributed by atoms with Gasteiger partial charge in [0.1, 0.15) is 5.75 Å². The molecule has 0 unspecified atom stereocenters. The predicted molar refractivity (Wildman–Crippen MR) is 100 cm³/mol. The lowest BCUT2D eigenvalue weighted by atomic mass is 9.99. The topological polar surface area (TPSA) is 45.2 Å². The van der Waals surface area contributed by atoms with Gasteiger partial charge < -0.3 is 10.4 Å². The minimum absolute atomic E-state index is 0.316. The molecule has 0 radical (unpaired) electrons. The number of aromatic hydroxyl groups is 1. The van der Waals surface area contributed by atoms with E-state index in [9.17, 15) is 5.11 Å². The van der Waals surface area contributed by atoms with Gasteiger partial charge in [0.05, 0.1) is 5.52 Å². The van der Waals surface area contributed by atoms with Gasteiger partial charge in [-0.05, 0) is 53.9 Å². The number of nitrogens with one attached hydrogen (secondary N) is 1. The summed E-state index contributed by atoms with van der Waals surface area (Å²) in [6, 6.07) is 13.4. The van der Waals surface area contributed by atoms with E-state index in [-0.39, 0.29) is 0 Å². The van der Waals surface area contributed by atoms with Crippen LogP contribution in [0.4, 0.5) is 0 Å². The Bertz CT molecular complexity index is 861. The Hall–Kier alpha value is -2.10. The quantitative estimate of drug-likeness (QED) is 0.686. The number of phenolic OH excluding ortho intramolecular Hbond substituents is 1. The zero-order valence-electron chi connectivity index (χ0n) is 13.9. The first-order valence-corrected chi connectivity index (χ1v) is 8.49. The molecule has 0 saturated heterocycles. The van der Waals surface area contributed by atoms with Crippen LogP contribution < -0.4 is 5.32 Å². The minimum atomic E-state index is 0.316. The van der Waals surface area contributed by atoms with E-state index in [4.69, 9.17) is 11.6 Å². The van der Waals surface area contributed by atoms with Crippen LogP contribution in [0.15, 0.2) is 48.7 Å². The highest BCUT2D eigenvalue weighted by Gasteiger charge is 2.09.